The highest BCUT2D eigenvalue weighted by Crippen LogP contribution is 2.33. The predicted molar refractivity (Wildman–Crippen MR) is 106 cm³/mol. The molecule has 1 aromatic carbocycles. The van der Waals surface area contributed by atoms with Gasteiger partial charge in [0.05, 0.1) is 38.5 Å². The first kappa shape index (κ1) is 20.0. The fraction of sp³-hybridized carbons (Fsp3) is 0.400. The number of hydrogen-bond donors (Lipinski definition) is 2. The average molecular weight is 402 g/mol. The van der Waals surface area contributed by atoms with Crippen LogP contribution < -0.4 is 20.1 Å². The third kappa shape index (κ3) is 3.77. The number of hydrogen-bond acceptors (Lipinski definition) is 7. The van der Waals surface area contributed by atoms with Gasteiger partial charge in [0.15, 0.2) is 11.5 Å². The molecule has 8 heteroatoms. The minimum Gasteiger partial charge on any atom is -0.493 e. The summed E-state index contributed by atoms with van der Waals surface area (Å²) in [5, 5.41) is 9.89. The Morgan fingerprint density at radius 2 is 1.96 bits per heavy atom. The van der Waals surface area contributed by atoms with E-state index in [0.29, 0.717) is 33.3 Å². The molecule has 0 saturated carbocycles. The second-order valence-electron chi connectivity index (χ2n) is 6.56. The van der Waals surface area contributed by atoms with Crippen LogP contribution in [0.3, 0.4) is 0 Å². The number of nitriles is 1. The fourth-order valence-electron chi connectivity index (χ4n) is 3.57. The van der Waals surface area contributed by atoms with Crippen LogP contribution in [0.1, 0.15) is 38.8 Å². The van der Waals surface area contributed by atoms with Gasteiger partial charge in [0, 0.05) is 12.0 Å². The van der Waals surface area contributed by atoms with Crippen molar-refractivity contribution in [2.75, 3.05) is 33.1 Å². The van der Waals surface area contributed by atoms with Crippen molar-refractivity contribution in [2.24, 2.45) is 0 Å². The Balaban J connectivity index is 1.88. The lowest BCUT2D eigenvalue weighted by Gasteiger charge is -2.27. The first-order valence-electron chi connectivity index (χ1n) is 9.08. The maximum Gasteiger partial charge on any atom is 0.348 e. The summed E-state index contributed by atoms with van der Waals surface area (Å²) in [5.41, 5.74) is 9.47. The molecular formula is C20H24N3O4S+. The molecule has 0 fully saturated rings. The molecule has 1 atom stereocenters. The van der Waals surface area contributed by atoms with E-state index in [9.17, 15) is 10.1 Å². The van der Waals surface area contributed by atoms with Gasteiger partial charge in [0.25, 0.3) is 0 Å². The Labute approximate surface area is 168 Å². The molecule has 148 valence electrons. The molecule has 0 saturated heterocycles. The van der Waals surface area contributed by atoms with Crippen LogP contribution in [0.25, 0.3) is 0 Å². The molecule has 0 aliphatic carbocycles. The van der Waals surface area contributed by atoms with E-state index in [0.717, 1.165) is 36.6 Å². The molecule has 7 nitrogen and oxygen atoms in total. The lowest BCUT2D eigenvalue weighted by atomic mass is 9.98. The van der Waals surface area contributed by atoms with Crippen LogP contribution in [0.2, 0.25) is 0 Å². The zero-order chi connectivity index (χ0) is 20.3. The first-order chi connectivity index (χ1) is 13.5. The molecule has 1 unspecified atom stereocenters. The molecule has 0 bridgehead atoms. The Kier molecular flexibility index (Phi) is 6.07. The van der Waals surface area contributed by atoms with Gasteiger partial charge in [0.1, 0.15) is 29.0 Å². The number of nitrogen functional groups attached to an aromatic ring is 1. The number of carbonyl (C=O) groups is 1. The number of fused-ring (bicyclic) bond motifs is 1. The van der Waals surface area contributed by atoms with Crippen molar-refractivity contribution in [3.63, 3.8) is 0 Å². The lowest BCUT2D eigenvalue weighted by molar-refractivity contribution is -0.929. The normalized spacial score (nSPS) is 15.4. The highest BCUT2D eigenvalue weighted by Gasteiger charge is 2.28. The Morgan fingerprint density at radius 3 is 2.57 bits per heavy atom. The van der Waals surface area contributed by atoms with Crippen LogP contribution in [-0.2, 0) is 24.2 Å². The molecule has 3 N–H and O–H groups in total. The van der Waals surface area contributed by atoms with Crippen molar-refractivity contribution >= 4 is 22.3 Å². The predicted octanol–water partition coefficient (Wildman–Crippen LogP) is 1.54. The number of benzene rings is 1. The van der Waals surface area contributed by atoms with Gasteiger partial charge in [-0.2, -0.15) is 5.26 Å². The summed E-state index contributed by atoms with van der Waals surface area (Å²) in [6, 6.07) is 6.18. The van der Waals surface area contributed by atoms with Crippen LogP contribution in [0.5, 0.6) is 11.5 Å². The quantitative estimate of drug-likeness (QED) is 0.711. The van der Waals surface area contributed by atoms with Gasteiger partial charge < -0.3 is 24.8 Å². The summed E-state index contributed by atoms with van der Waals surface area (Å²) in [6.45, 7) is 4.22. The minimum absolute atomic E-state index is 0.281. The van der Waals surface area contributed by atoms with Crippen LogP contribution in [0.15, 0.2) is 12.1 Å². The molecule has 3 rings (SSSR count). The second-order valence-corrected chi connectivity index (χ2v) is 7.61. The zero-order valence-corrected chi connectivity index (χ0v) is 17.1. The zero-order valence-electron chi connectivity index (χ0n) is 16.3. The number of methoxy groups -OCH3 is 2. The van der Waals surface area contributed by atoms with Gasteiger partial charge in [-0.3, -0.25) is 0 Å². The van der Waals surface area contributed by atoms with Gasteiger partial charge in [-0.05, 0) is 24.6 Å². The van der Waals surface area contributed by atoms with E-state index in [1.165, 1.54) is 16.0 Å². The Bertz CT molecular complexity index is 933. The number of carbonyl (C=O) groups excluding carboxylic acids is 1. The van der Waals surface area contributed by atoms with E-state index < -0.39 is 5.97 Å². The van der Waals surface area contributed by atoms with Crippen molar-refractivity contribution in [3.8, 4) is 17.6 Å². The first-order valence-corrected chi connectivity index (χ1v) is 9.89. The maximum absolute atomic E-state index is 12.3. The van der Waals surface area contributed by atoms with Crippen LogP contribution in [-0.4, -0.2) is 33.3 Å². The highest BCUT2D eigenvalue weighted by molar-refractivity contribution is 7.18. The van der Waals surface area contributed by atoms with Crippen molar-refractivity contribution in [1.82, 2.24) is 0 Å². The van der Waals surface area contributed by atoms with E-state index in [2.05, 4.69) is 6.07 Å². The molecule has 1 aliphatic heterocycles. The minimum atomic E-state index is -0.418. The molecule has 1 aliphatic rings. The van der Waals surface area contributed by atoms with Crippen molar-refractivity contribution in [1.29, 1.82) is 5.26 Å². The summed E-state index contributed by atoms with van der Waals surface area (Å²) in [6.07, 6.45) is 0.876. The Hall–Kier alpha value is -2.76. The number of nitrogens with zero attached hydrogens (tertiary/aromatic N) is 1. The van der Waals surface area contributed by atoms with Gasteiger partial charge in [-0.15, -0.1) is 11.3 Å². The van der Waals surface area contributed by atoms with E-state index >= 15 is 0 Å². The summed E-state index contributed by atoms with van der Waals surface area (Å²) < 4.78 is 16.0. The highest BCUT2D eigenvalue weighted by atomic mass is 32.1. The standard InChI is InChI=1S/C20H23N3O4S/c1-4-27-20(24)18-15(14(9-21)19(22)28-18)11-23-6-5-12-7-16(25-2)17(26-3)8-13(12)10-23/h7-8H,4-6,10-11,22H2,1-3H3/p+1. The average Bonchev–Trinajstić information content (AvgIpc) is 3.02. The summed E-state index contributed by atoms with van der Waals surface area (Å²) >= 11 is 1.13. The molecule has 2 aromatic rings. The molecule has 0 spiro atoms. The topological polar surface area (TPSA) is 99.0 Å². The molecule has 2 heterocycles. The van der Waals surface area contributed by atoms with E-state index in [-0.39, 0.29) is 6.61 Å². The second kappa shape index (κ2) is 8.50. The molecular weight excluding hydrogens is 378 g/mol. The van der Waals surface area contributed by atoms with Crippen LogP contribution in [0.4, 0.5) is 5.00 Å². The summed E-state index contributed by atoms with van der Waals surface area (Å²) in [7, 11) is 3.25. The number of nitrogens with two attached hydrogens (primary N) is 1. The van der Waals surface area contributed by atoms with Gasteiger partial charge in [-0.25, -0.2) is 4.79 Å². The van der Waals surface area contributed by atoms with Crippen molar-refractivity contribution in [3.05, 3.63) is 39.3 Å². The molecule has 0 radical (unpaired) electrons. The number of rotatable bonds is 6. The molecule has 28 heavy (non-hydrogen) atoms. The van der Waals surface area contributed by atoms with Crippen LogP contribution >= 0.6 is 11.3 Å². The number of ether oxygens (including phenoxy) is 3. The van der Waals surface area contributed by atoms with Crippen molar-refractivity contribution < 1.29 is 23.9 Å². The van der Waals surface area contributed by atoms with Crippen molar-refractivity contribution in [2.45, 2.75) is 26.4 Å². The number of quaternary nitrogens is 1. The Morgan fingerprint density at radius 1 is 1.29 bits per heavy atom. The van der Waals surface area contributed by atoms with E-state index in [4.69, 9.17) is 19.9 Å². The number of nitrogens with one attached hydrogen (secondary N) is 1. The fourth-order valence-corrected chi connectivity index (χ4v) is 4.50. The maximum atomic E-state index is 12.3. The largest absolute Gasteiger partial charge is 0.493 e. The van der Waals surface area contributed by atoms with Gasteiger partial charge >= 0.3 is 5.97 Å². The molecule has 1 aromatic heterocycles. The number of esters is 1. The smallest absolute Gasteiger partial charge is 0.348 e. The molecule has 0 amide bonds. The number of thiophene rings is 1. The third-order valence-electron chi connectivity index (χ3n) is 4.93. The third-order valence-corrected chi connectivity index (χ3v) is 5.97. The summed E-state index contributed by atoms with van der Waals surface area (Å²) in [5.74, 6) is 1.01. The van der Waals surface area contributed by atoms with Gasteiger partial charge in [-0.1, -0.05) is 0 Å². The van der Waals surface area contributed by atoms with Crippen LogP contribution in [0, 0.1) is 11.3 Å². The van der Waals surface area contributed by atoms with E-state index in [1.54, 1.807) is 21.1 Å². The number of anilines is 1. The SMILES string of the molecule is CCOC(=O)c1sc(N)c(C#N)c1C[NH+]1CCc2cc(OC)c(OC)cc2C1. The van der Waals surface area contributed by atoms with E-state index in [1.807, 2.05) is 12.1 Å². The summed E-state index contributed by atoms with van der Waals surface area (Å²) in [4.78, 5) is 14.0. The van der Waals surface area contributed by atoms with Gasteiger partial charge in [0.2, 0.25) is 0 Å². The monoisotopic (exact) mass is 402 g/mol. The lowest BCUT2D eigenvalue weighted by Crippen LogP contribution is -3.10.